The number of piperidine rings is 1. The summed E-state index contributed by atoms with van der Waals surface area (Å²) in [5.41, 5.74) is 0.905. The summed E-state index contributed by atoms with van der Waals surface area (Å²) in [6.45, 7) is 7.20. The van der Waals surface area contributed by atoms with E-state index in [1.807, 2.05) is 0 Å². The molecule has 1 saturated heterocycles. The van der Waals surface area contributed by atoms with E-state index >= 15 is 0 Å². The van der Waals surface area contributed by atoms with Crippen LogP contribution in [0, 0.1) is 34.5 Å². The predicted molar refractivity (Wildman–Crippen MR) is 96.7 cm³/mol. The second-order valence-electron chi connectivity index (χ2n) is 11.3. The second-order valence-corrected chi connectivity index (χ2v) is 11.3. The van der Waals surface area contributed by atoms with Gasteiger partial charge in [0.1, 0.15) is 5.78 Å². The number of fused-ring (bicyclic) bond motifs is 2. The van der Waals surface area contributed by atoms with Gasteiger partial charge in [-0.2, -0.15) is 0 Å². The van der Waals surface area contributed by atoms with Crippen LogP contribution < -0.4 is 5.32 Å². The van der Waals surface area contributed by atoms with Crippen LogP contribution in [-0.2, 0) is 4.79 Å². The lowest BCUT2D eigenvalue weighted by Crippen LogP contribution is -2.62. The van der Waals surface area contributed by atoms with Crippen molar-refractivity contribution in [1.29, 1.82) is 0 Å². The van der Waals surface area contributed by atoms with Gasteiger partial charge >= 0.3 is 0 Å². The average Bonchev–Trinajstić information content (AvgIpc) is 2.61. The molecule has 2 heteroatoms. The third-order valence-electron chi connectivity index (χ3n) is 9.55. The molecular formula is C22H35NO. The molecule has 24 heavy (non-hydrogen) atoms. The standard InChI is InChI=1S/C22H35NO/c1-20(2)17-4-5-21(20,3)23-18(9-17)19(24)13-22-10-14-6-15(11-22)8-16(7-14)12-22/h14-18,23H,4-13H2,1-3H3/t14?,15?,16?,17?,18?,21-,22?/m0/s1. The molecule has 1 heterocycles. The minimum absolute atomic E-state index is 0.142. The summed E-state index contributed by atoms with van der Waals surface area (Å²) >= 11 is 0. The highest BCUT2D eigenvalue weighted by atomic mass is 16.1. The lowest BCUT2D eigenvalue weighted by molar-refractivity contribution is -0.132. The largest absolute Gasteiger partial charge is 0.302 e. The van der Waals surface area contributed by atoms with Crippen LogP contribution in [0.25, 0.3) is 0 Å². The summed E-state index contributed by atoms with van der Waals surface area (Å²) in [7, 11) is 0. The Bertz CT molecular complexity index is 529. The van der Waals surface area contributed by atoms with Crippen LogP contribution in [0.5, 0.6) is 0 Å². The molecule has 1 N–H and O–H groups in total. The van der Waals surface area contributed by atoms with Crippen LogP contribution in [0.2, 0.25) is 0 Å². The van der Waals surface area contributed by atoms with E-state index in [1.54, 1.807) is 0 Å². The molecule has 6 fully saturated rings. The summed E-state index contributed by atoms with van der Waals surface area (Å²) in [6.07, 6.45) is 13.0. The van der Waals surface area contributed by atoms with Gasteiger partial charge in [0.2, 0.25) is 0 Å². The zero-order chi connectivity index (χ0) is 16.7. The van der Waals surface area contributed by atoms with Crippen molar-refractivity contribution in [2.75, 3.05) is 0 Å². The maximum Gasteiger partial charge on any atom is 0.150 e. The van der Waals surface area contributed by atoms with Crippen molar-refractivity contribution < 1.29 is 4.79 Å². The number of Topliss-reactive ketones (excluding diaryl/α,β-unsaturated/α-hetero) is 1. The number of hydrogen-bond donors (Lipinski definition) is 1. The highest BCUT2D eigenvalue weighted by Crippen LogP contribution is 2.62. The van der Waals surface area contributed by atoms with E-state index in [0.717, 1.165) is 36.5 Å². The van der Waals surface area contributed by atoms with Crippen LogP contribution in [0.1, 0.15) is 85.0 Å². The van der Waals surface area contributed by atoms with Crippen LogP contribution in [0.4, 0.5) is 0 Å². The van der Waals surface area contributed by atoms with E-state index in [9.17, 15) is 4.79 Å². The maximum absolute atomic E-state index is 13.3. The lowest BCUT2D eigenvalue weighted by atomic mass is 9.48. The number of ketones is 1. The van der Waals surface area contributed by atoms with Gasteiger partial charge < -0.3 is 5.32 Å². The zero-order valence-corrected chi connectivity index (χ0v) is 15.9. The van der Waals surface area contributed by atoms with E-state index in [4.69, 9.17) is 0 Å². The molecule has 0 amide bonds. The van der Waals surface area contributed by atoms with Gasteiger partial charge in [0, 0.05) is 12.0 Å². The van der Waals surface area contributed by atoms with Gasteiger partial charge in [-0.25, -0.2) is 0 Å². The molecule has 0 spiro atoms. The Morgan fingerprint density at radius 1 is 0.958 bits per heavy atom. The summed E-state index contributed by atoms with van der Waals surface area (Å²) in [6, 6.07) is 0.142. The SMILES string of the molecule is CC1(C)C2CC[C@]1(C)NC(C(=O)CC13CC4CC(CC(C4)C1)C3)C2. The molecular weight excluding hydrogens is 294 g/mol. The van der Waals surface area contributed by atoms with Crippen LogP contribution in [0.3, 0.4) is 0 Å². The number of carbonyl (C=O) groups excluding carboxylic acids is 1. The van der Waals surface area contributed by atoms with Gasteiger partial charge in [0.25, 0.3) is 0 Å². The van der Waals surface area contributed by atoms with E-state index < -0.39 is 0 Å². The van der Waals surface area contributed by atoms with E-state index in [1.165, 1.54) is 51.4 Å². The van der Waals surface area contributed by atoms with Gasteiger partial charge in [-0.1, -0.05) is 13.8 Å². The predicted octanol–water partition coefficient (Wildman–Crippen LogP) is 4.72. The molecule has 6 rings (SSSR count). The first kappa shape index (κ1) is 15.9. The Balaban J connectivity index is 1.32. The minimum Gasteiger partial charge on any atom is -0.302 e. The van der Waals surface area contributed by atoms with Crippen LogP contribution in [-0.4, -0.2) is 17.4 Å². The molecule has 3 atom stereocenters. The topological polar surface area (TPSA) is 29.1 Å². The van der Waals surface area contributed by atoms with E-state index in [-0.39, 0.29) is 11.6 Å². The molecule has 5 aliphatic carbocycles. The Hall–Kier alpha value is -0.370. The summed E-state index contributed by atoms with van der Waals surface area (Å²) in [5.74, 6) is 4.16. The van der Waals surface area contributed by atoms with Crippen molar-refractivity contribution in [2.45, 2.75) is 96.6 Å². The van der Waals surface area contributed by atoms with Crippen molar-refractivity contribution >= 4 is 5.78 Å². The first-order valence-electron chi connectivity index (χ1n) is 10.6. The molecule has 0 aromatic rings. The normalized spacial score (nSPS) is 54.2. The fourth-order valence-electron chi connectivity index (χ4n) is 8.21. The maximum atomic E-state index is 13.3. The van der Waals surface area contributed by atoms with Crippen LogP contribution in [0.15, 0.2) is 0 Å². The van der Waals surface area contributed by atoms with Crippen molar-refractivity contribution in [2.24, 2.45) is 34.5 Å². The summed E-state index contributed by atoms with van der Waals surface area (Å²) in [4.78, 5) is 13.3. The fourth-order valence-corrected chi connectivity index (χ4v) is 8.21. The molecule has 2 nitrogen and oxygen atoms in total. The number of rotatable bonds is 3. The summed E-state index contributed by atoms with van der Waals surface area (Å²) in [5, 5.41) is 3.84. The zero-order valence-electron chi connectivity index (χ0n) is 15.9. The first-order chi connectivity index (χ1) is 11.3. The van der Waals surface area contributed by atoms with Gasteiger partial charge in [-0.3, -0.25) is 4.79 Å². The molecule has 1 aliphatic heterocycles. The quantitative estimate of drug-likeness (QED) is 0.812. The molecule has 6 aliphatic rings. The van der Waals surface area contributed by atoms with Crippen molar-refractivity contribution in [3.8, 4) is 0 Å². The van der Waals surface area contributed by atoms with Crippen molar-refractivity contribution in [1.82, 2.24) is 5.32 Å². The number of hydrogen-bond acceptors (Lipinski definition) is 2. The molecule has 6 bridgehead atoms. The van der Waals surface area contributed by atoms with Gasteiger partial charge in [0.15, 0.2) is 0 Å². The lowest BCUT2D eigenvalue weighted by Gasteiger charge is -2.57. The molecule has 0 radical (unpaired) electrons. The van der Waals surface area contributed by atoms with Crippen molar-refractivity contribution in [3.63, 3.8) is 0 Å². The Labute approximate surface area is 147 Å². The van der Waals surface area contributed by atoms with E-state index in [2.05, 4.69) is 26.1 Å². The molecule has 0 aromatic carbocycles. The molecule has 5 saturated carbocycles. The number of nitrogens with one attached hydrogen (secondary N) is 1. The minimum atomic E-state index is 0.142. The highest BCUT2D eigenvalue weighted by Gasteiger charge is 2.57. The van der Waals surface area contributed by atoms with Crippen LogP contribution >= 0.6 is 0 Å². The Morgan fingerprint density at radius 2 is 1.54 bits per heavy atom. The van der Waals surface area contributed by atoms with Gasteiger partial charge in [-0.15, -0.1) is 0 Å². The van der Waals surface area contributed by atoms with E-state index in [0.29, 0.717) is 16.6 Å². The van der Waals surface area contributed by atoms with Gasteiger partial charge in [0.05, 0.1) is 6.04 Å². The van der Waals surface area contributed by atoms with Gasteiger partial charge in [-0.05, 0) is 99.2 Å². The average molecular weight is 330 g/mol. The monoisotopic (exact) mass is 329 g/mol. The Kier molecular flexibility index (Phi) is 3.22. The smallest absolute Gasteiger partial charge is 0.150 e. The Morgan fingerprint density at radius 3 is 2.08 bits per heavy atom. The second kappa shape index (κ2) is 4.87. The number of carbonyl (C=O) groups is 1. The molecule has 134 valence electrons. The first-order valence-corrected chi connectivity index (χ1v) is 10.6. The van der Waals surface area contributed by atoms with Crippen molar-refractivity contribution in [3.05, 3.63) is 0 Å². The fraction of sp³-hybridized carbons (Fsp3) is 0.955. The molecule has 0 aromatic heterocycles. The third kappa shape index (κ3) is 2.14. The highest BCUT2D eigenvalue weighted by molar-refractivity contribution is 5.85. The summed E-state index contributed by atoms with van der Waals surface area (Å²) < 4.78 is 0. The third-order valence-corrected chi connectivity index (χ3v) is 9.55. The molecule has 2 unspecified atom stereocenters.